The zero-order valence-corrected chi connectivity index (χ0v) is 11.5. The topological polar surface area (TPSA) is 60.2 Å². The van der Waals surface area contributed by atoms with Crippen LogP contribution in [0.1, 0.15) is 31.0 Å². The summed E-state index contributed by atoms with van der Waals surface area (Å²) in [5, 5.41) is 6.99. The highest BCUT2D eigenvalue weighted by Crippen LogP contribution is 2.18. The third kappa shape index (κ3) is 4.06. The predicted octanol–water partition coefficient (Wildman–Crippen LogP) is 2.46. The van der Waals surface area contributed by atoms with Crippen molar-refractivity contribution < 1.29 is 9.26 Å². The predicted molar refractivity (Wildman–Crippen MR) is 71.8 cm³/mol. The summed E-state index contributed by atoms with van der Waals surface area (Å²) in [6.07, 6.45) is 1.60. The van der Waals surface area contributed by atoms with Gasteiger partial charge in [0.1, 0.15) is 12.4 Å². The van der Waals surface area contributed by atoms with Crippen molar-refractivity contribution in [2.75, 3.05) is 0 Å². The Balaban J connectivity index is 2.05. The van der Waals surface area contributed by atoms with Gasteiger partial charge < -0.3 is 14.6 Å². The summed E-state index contributed by atoms with van der Waals surface area (Å²) in [6.45, 7) is 7.22. The quantitative estimate of drug-likeness (QED) is 0.865. The van der Waals surface area contributed by atoms with Crippen molar-refractivity contribution >= 4 is 0 Å². The largest absolute Gasteiger partial charge is 0.484 e. The maximum atomic E-state index is 5.73. The summed E-state index contributed by atoms with van der Waals surface area (Å²) >= 11 is 0. The molecule has 0 aliphatic rings. The summed E-state index contributed by atoms with van der Waals surface area (Å²) < 4.78 is 10.7. The zero-order valence-electron chi connectivity index (χ0n) is 11.5. The van der Waals surface area contributed by atoms with E-state index in [1.54, 1.807) is 12.3 Å². The third-order valence-electron chi connectivity index (χ3n) is 2.61. The Bertz CT molecular complexity index is 509. The average molecular weight is 261 g/mol. The second kappa shape index (κ2) is 6.33. The first-order valence-electron chi connectivity index (χ1n) is 6.37. The van der Waals surface area contributed by atoms with Crippen LogP contribution < -0.4 is 10.1 Å². The van der Waals surface area contributed by atoms with E-state index in [1.165, 1.54) is 0 Å². The number of hydrogen-bond donors (Lipinski definition) is 1. The average Bonchev–Trinajstić information content (AvgIpc) is 2.88. The molecule has 0 spiro atoms. The van der Waals surface area contributed by atoms with Crippen LogP contribution in [-0.2, 0) is 13.2 Å². The van der Waals surface area contributed by atoms with Crippen molar-refractivity contribution in [3.63, 3.8) is 0 Å². The van der Waals surface area contributed by atoms with Crippen LogP contribution in [0, 0.1) is 6.92 Å². The molecular formula is C14H19N3O2. The molecular weight excluding hydrogens is 242 g/mol. The van der Waals surface area contributed by atoms with Gasteiger partial charge in [0.05, 0.1) is 11.9 Å². The van der Waals surface area contributed by atoms with Crippen molar-refractivity contribution in [1.82, 2.24) is 15.5 Å². The lowest BCUT2D eigenvalue weighted by molar-refractivity contribution is 0.245. The molecule has 0 unspecified atom stereocenters. The molecule has 2 aromatic heterocycles. The number of ether oxygens (including phenoxy) is 1. The highest BCUT2D eigenvalue weighted by Gasteiger charge is 2.08. The van der Waals surface area contributed by atoms with Crippen LogP contribution >= 0.6 is 0 Å². The van der Waals surface area contributed by atoms with E-state index in [1.807, 2.05) is 19.1 Å². The van der Waals surface area contributed by atoms with Crippen molar-refractivity contribution in [3.8, 4) is 5.75 Å². The molecule has 0 radical (unpaired) electrons. The summed E-state index contributed by atoms with van der Waals surface area (Å²) in [5.41, 5.74) is 1.89. The van der Waals surface area contributed by atoms with Gasteiger partial charge in [-0.15, -0.1) is 0 Å². The van der Waals surface area contributed by atoms with E-state index in [4.69, 9.17) is 9.26 Å². The number of aromatic nitrogens is 2. The minimum absolute atomic E-state index is 0.361. The number of aryl methyl sites for hydroxylation is 1. The first-order valence-corrected chi connectivity index (χ1v) is 6.37. The number of rotatable bonds is 6. The number of nitrogens with zero attached hydrogens (tertiary/aromatic N) is 2. The van der Waals surface area contributed by atoms with Crippen molar-refractivity contribution in [1.29, 1.82) is 0 Å². The van der Waals surface area contributed by atoms with Crippen molar-refractivity contribution in [2.24, 2.45) is 0 Å². The van der Waals surface area contributed by atoms with E-state index in [-0.39, 0.29) is 0 Å². The first kappa shape index (κ1) is 13.5. The van der Waals surface area contributed by atoms with Crippen LogP contribution in [-0.4, -0.2) is 16.2 Å². The third-order valence-corrected chi connectivity index (χ3v) is 2.61. The molecule has 0 bridgehead atoms. The molecule has 19 heavy (non-hydrogen) atoms. The van der Waals surface area contributed by atoms with E-state index in [0.717, 1.165) is 17.1 Å². The molecule has 0 aromatic carbocycles. The fourth-order valence-corrected chi connectivity index (χ4v) is 1.62. The van der Waals surface area contributed by atoms with Gasteiger partial charge in [0.2, 0.25) is 0 Å². The van der Waals surface area contributed by atoms with Crippen LogP contribution in [0.5, 0.6) is 5.75 Å². The molecule has 5 nitrogen and oxygen atoms in total. The molecule has 5 heteroatoms. The van der Waals surface area contributed by atoms with Gasteiger partial charge in [-0.1, -0.05) is 19.0 Å². The molecule has 0 saturated heterocycles. The van der Waals surface area contributed by atoms with Gasteiger partial charge in [0, 0.05) is 24.3 Å². The van der Waals surface area contributed by atoms with Crippen LogP contribution in [0.4, 0.5) is 0 Å². The fraction of sp³-hybridized carbons (Fsp3) is 0.429. The summed E-state index contributed by atoms with van der Waals surface area (Å²) in [5.74, 6) is 1.47. The van der Waals surface area contributed by atoms with Gasteiger partial charge in [0.15, 0.2) is 5.76 Å². The standard InChI is InChI=1S/C14H19N3O2/c1-10(2)15-8-13-14(5-4-11(3)17-13)18-9-12-6-7-16-19-12/h4-7,10,15H,8-9H2,1-3H3. The smallest absolute Gasteiger partial charge is 0.174 e. The lowest BCUT2D eigenvalue weighted by atomic mass is 10.2. The van der Waals surface area contributed by atoms with Gasteiger partial charge in [-0.25, -0.2) is 0 Å². The Labute approximate surface area is 113 Å². The van der Waals surface area contributed by atoms with Gasteiger partial charge in [-0.05, 0) is 19.1 Å². The molecule has 2 aromatic rings. The van der Waals surface area contributed by atoms with Gasteiger partial charge in [0.25, 0.3) is 0 Å². The van der Waals surface area contributed by atoms with Crippen LogP contribution in [0.3, 0.4) is 0 Å². The van der Waals surface area contributed by atoms with E-state index in [9.17, 15) is 0 Å². The Morgan fingerprint density at radius 1 is 1.32 bits per heavy atom. The van der Waals surface area contributed by atoms with E-state index < -0.39 is 0 Å². The van der Waals surface area contributed by atoms with Crippen molar-refractivity contribution in [3.05, 3.63) is 41.5 Å². The number of nitrogens with one attached hydrogen (secondary N) is 1. The SMILES string of the molecule is Cc1ccc(OCc2ccno2)c(CNC(C)C)n1. The number of hydrogen-bond acceptors (Lipinski definition) is 5. The Morgan fingerprint density at radius 2 is 2.16 bits per heavy atom. The lowest BCUT2D eigenvalue weighted by Crippen LogP contribution is -2.23. The highest BCUT2D eigenvalue weighted by atomic mass is 16.5. The van der Waals surface area contributed by atoms with Crippen LogP contribution in [0.15, 0.2) is 28.9 Å². The maximum absolute atomic E-state index is 5.73. The van der Waals surface area contributed by atoms with E-state index in [2.05, 4.69) is 29.3 Å². The van der Waals surface area contributed by atoms with Gasteiger partial charge in [-0.2, -0.15) is 0 Å². The Kier molecular flexibility index (Phi) is 4.52. The molecule has 1 N–H and O–H groups in total. The minimum Gasteiger partial charge on any atom is -0.484 e. The summed E-state index contributed by atoms with van der Waals surface area (Å²) in [7, 11) is 0. The normalized spacial score (nSPS) is 10.9. The molecule has 2 heterocycles. The first-order chi connectivity index (χ1) is 9.15. The molecule has 102 valence electrons. The maximum Gasteiger partial charge on any atom is 0.174 e. The molecule has 0 fully saturated rings. The highest BCUT2D eigenvalue weighted by molar-refractivity contribution is 5.29. The lowest BCUT2D eigenvalue weighted by Gasteiger charge is -2.12. The van der Waals surface area contributed by atoms with Crippen LogP contribution in [0.2, 0.25) is 0 Å². The Hall–Kier alpha value is -1.88. The van der Waals surface area contributed by atoms with Gasteiger partial charge in [-0.3, -0.25) is 4.98 Å². The monoisotopic (exact) mass is 261 g/mol. The molecule has 0 aliphatic carbocycles. The zero-order chi connectivity index (χ0) is 13.7. The second-order valence-corrected chi connectivity index (χ2v) is 4.70. The van der Waals surface area contributed by atoms with E-state index in [0.29, 0.717) is 25.0 Å². The molecule has 0 aliphatic heterocycles. The fourth-order valence-electron chi connectivity index (χ4n) is 1.62. The molecule has 0 saturated carbocycles. The molecule has 0 atom stereocenters. The summed E-state index contributed by atoms with van der Waals surface area (Å²) in [6, 6.07) is 6.07. The van der Waals surface area contributed by atoms with Gasteiger partial charge >= 0.3 is 0 Å². The summed E-state index contributed by atoms with van der Waals surface area (Å²) in [4.78, 5) is 4.51. The van der Waals surface area contributed by atoms with Crippen molar-refractivity contribution in [2.45, 2.75) is 40.0 Å². The van der Waals surface area contributed by atoms with E-state index >= 15 is 0 Å². The van der Waals surface area contributed by atoms with Crippen LogP contribution in [0.25, 0.3) is 0 Å². The molecule has 2 rings (SSSR count). The number of pyridine rings is 1. The minimum atomic E-state index is 0.361. The second-order valence-electron chi connectivity index (χ2n) is 4.70. The Morgan fingerprint density at radius 3 is 2.84 bits per heavy atom. The molecule has 0 amide bonds.